The van der Waals surface area contributed by atoms with Crippen molar-refractivity contribution in [1.29, 1.82) is 0 Å². The van der Waals surface area contributed by atoms with Gasteiger partial charge in [-0.1, -0.05) is 0 Å². The van der Waals surface area contributed by atoms with E-state index in [1.807, 2.05) is 32.9 Å². The molecule has 0 aromatic heterocycles. The lowest BCUT2D eigenvalue weighted by atomic mass is 9.73. The molecule has 24 heavy (non-hydrogen) atoms. The molecule has 2 N–H and O–H groups in total. The van der Waals surface area contributed by atoms with E-state index in [2.05, 4.69) is 22.6 Å². The molecule has 3 rings (SSSR count). The van der Waals surface area contributed by atoms with Crippen LogP contribution in [0.5, 0.6) is 0 Å². The number of piperidine rings is 1. The molecule has 6 nitrogen and oxygen atoms in total. The molecule has 130 valence electrons. The summed E-state index contributed by atoms with van der Waals surface area (Å²) in [4.78, 5) is 26.8. The number of benzene rings is 1. The molecule has 1 saturated heterocycles. The Bertz CT molecular complexity index is 671. The quantitative estimate of drug-likeness (QED) is 0.830. The van der Waals surface area contributed by atoms with Gasteiger partial charge in [0, 0.05) is 11.4 Å². The van der Waals surface area contributed by atoms with Gasteiger partial charge < -0.3 is 15.0 Å². The van der Waals surface area contributed by atoms with Gasteiger partial charge in [-0.2, -0.15) is 0 Å². The van der Waals surface area contributed by atoms with E-state index in [1.54, 1.807) is 6.07 Å². The van der Waals surface area contributed by atoms with Gasteiger partial charge in [0.15, 0.2) is 0 Å². The Morgan fingerprint density at radius 1 is 1.29 bits per heavy atom. The summed E-state index contributed by atoms with van der Waals surface area (Å²) >= 11 is 0. The number of carbonyl (C=O) groups is 2. The molecule has 0 bridgehead atoms. The number of likely N-dealkylation sites (tertiary alicyclic amines) is 1. The Hall–Kier alpha value is -2.08. The molecule has 2 aliphatic heterocycles. The molecule has 2 heterocycles. The molecular formula is C18H25N3O3. The highest BCUT2D eigenvalue weighted by Gasteiger charge is 2.48. The topological polar surface area (TPSA) is 70.7 Å². The summed E-state index contributed by atoms with van der Waals surface area (Å²) in [7, 11) is 2.07. The Kier molecular flexibility index (Phi) is 4.03. The first-order chi connectivity index (χ1) is 11.2. The minimum absolute atomic E-state index is 0.0695. The van der Waals surface area contributed by atoms with E-state index in [1.165, 1.54) is 0 Å². The van der Waals surface area contributed by atoms with Crippen molar-refractivity contribution < 1.29 is 14.3 Å². The lowest BCUT2D eigenvalue weighted by Crippen LogP contribution is -2.45. The van der Waals surface area contributed by atoms with Crippen LogP contribution in [0.15, 0.2) is 18.2 Å². The third-order valence-electron chi connectivity index (χ3n) is 4.70. The second-order valence-electron chi connectivity index (χ2n) is 7.73. The number of hydrogen-bond donors (Lipinski definition) is 2. The smallest absolute Gasteiger partial charge is 0.412 e. The fourth-order valence-corrected chi connectivity index (χ4v) is 3.41. The fraction of sp³-hybridized carbons (Fsp3) is 0.556. The van der Waals surface area contributed by atoms with E-state index in [0.717, 1.165) is 37.2 Å². The Morgan fingerprint density at radius 2 is 1.96 bits per heavy atom. The molecule has 2 amide bonds. The molecule has 1 aromatic carbocycles. The van der Waals surface area contributed by atoms with Gasteiger partial charge in [0.05, 0.1) is 5.41 Å². The van der Waals surface area contributed by atoms with Gasteiger partial charge in [-0.15, -0.1) is 0 Å². The largest absolute Gasteiger partial charge is 0.444 e. The van der Waals surface area contributed by atoms with Crippen molar-refractivity contribution >= 4 is 23.4 Å². The average molecular weight is 331 g/mol. The maximum absolute atomic E-state index is 12.6. The SMILES string of the molecule is CN1CCC2(CC1)C(=O)Nc1ccc(NC(=O)OC(C)(C)C)cc12. The molecule has 1 fully saturated rings. The van der Waals surface area contributed by atoms with Crippen LogP contribution in [-0.4, -0.2) is 42.6 Å². The third kappa shape index (κ3) is 3.11. The number of carbonyl (C=O) groups excluding carboxylic acids is 2. The van der Waals surface area contributed by atoms with Crippen LogP contribution in [-0.2, 0) is 14.9 Å². The van der Waals surface area contributed by atoms with Crippen molar-refractivity contribution in [2.45, 2.75) is 44.6 Å². The number of nitrogens with one attached hydrogen (secondary N) is 2. The standard InChI is InChI=1S/C18H25N3O3/c1-17(2,3)24-16(23)19-12-5-6-14-13(11-12)18(15(22)20-14)7-9-21(4)10-8-18/h5-6,11H,7-10H2,1-4H3,(H,19,23)(H,20,22). The van der Waals surface area contributed by atoms with Crippen molar-refractivity contribution in [2.75, 3.05) is 30.8 Å². The minimum Gasteiger partial charge on any atom is -0.444 e. The molecule has 2 aliphatic rings. The predicted octanol–water partition coefficient (Wildman–Crippen LogP) is 2.95. The van der Waals surface area contributed by atoms with Gasteiger partial charge in [-0.25, -0.2) is 4.79 Å². The summed E-state index contributed by atoms with van der Waals surface area (Å²) in [6.45, 7) is 7.25. The van der Waals surface area contributed by atoms with Crippen LogP contribution < -0.4 is 10.6 Å². The van der Waals surface area contributed by atoms with Crippen LogP contribution in [0.1, 0.15) is 39.2 Å². The minimum atomic E-state index is -0.548. The van der Waals surface area contributed by atoms with Crippen molar-refractivity contribution in [3.05, 3.63) is 23.8 Å². The van der Waals surface area contributed by atoms with Crippen molar-refractivity contribution in [2.24, 2.45) is 0 Å². The highest BCUT2D eigenvalue weighted by atomic mass is 16.6. The van der Waals surface area contributed by atoms with E-state index >= 15 is 0 Å². The number of rotatable bonds is 1. The molecule has 0 atom stereocenters. The molecule has 0 aliphatic carbocycles. The Balaban J connectivity index is 1.84. The van der Waals surface area contributed by atoms with Crippen LogP contribution >= 0.6 is 0 Å². The maximum Gasteiger partial charge on any atom is 0.412 e. The summed E-state index contributed by atoms with van der Waals surface area (Å²) in [5.74, 6) is 0.0695. The van der Waals surface area contributed by atoms with Gasteiger partial charge in [-0.05, 0) is 77.5 Å². The summed E-state index contributed by atoms with van der Waals surface area (Å²) in [5, 5.41) is 5.75. The van der Waals surface area contributed by atoms with Crippen LogP contribution in [0.3, 0.4) is 0 Å². The normalized spacial score (nSPS) is 19.8. The van der Waals surface area contributed by atoms with Crippen molar-refractivity contribution in [1.82, 2.24) is 4.90 Å². The first-order valence-corrected chi connectivity index (χ1v) is 8.34. The molecular weight excluding hydrogens is 306 g/mol. The van der Waals surface area contributed by atoms with Gasteiger partial charge in [-0.3, -0.25) is 10.1 Å². The maximum atomic E-state index is 12.6. The van der Waals surface area contributed by atoms with E-state index in [4.69, 9.17) is 4.74 Å². The lowest BCUT2D eigenvalue weighted by molar-refractivity contribution is -0.122. The predicted molar refractivity (Wildman–Crippen MR) is 93.3 cm³/mol. The number of anilines is 2. The van der Waals surface area contributed by atoms with Crippen LogP contribution in [0.25, 0.3) is 0 Å². The van der Waals surface area contributed by atoms with Gasteiger partial charge >= 0.3 is 6.09 Å². The highest BCUT2D eigenvalue weighted by Crippen LogP contribution is 2.45. The fourth-order valence-electron chi connectivity index (χ4n) is 3.41. The van der Waals surface area contributed by atoms with Crippen LogP contribution in [0.4, 0.5) is 16.2 Å². The molecule has 0 unspecified atom stereocenters. The van der Waals surface area contributed by atoms with Gasteiger partial charge in [0.2, 0.25) is 5.91 Å². The van der Waals surface area contributed by atoms with Crippen LogP contribution in [0, 0.1) is 0 Å². The summed E-state index contributed by atoms with van der Waals surface area (Å²) in [6, 6.07) is 5.55. The molecule has 0 saturated carbocycles. The average Bonchev–Trinajstić information content (AvgIpc) is 2.73. The lowest BCUT2D eigenvalue weighted by Gasteiger charge is -2.36. The summed E-state index contributed by atoms with van der Waals surface area (Å²) in [6.07, 6.45) is 1.09. The summed E-state index contributed by atoms with van der Waals surface area (Å²) in [5.41, 5.74) is 1.45. The second-order valence-corrected chi connectivity index (χ2v) is 7.73. The van der Waals surface area contributed by atoms with E-state index in [9.17, 15) is 9.59 Å². The number of nitrogens with zero attached hydrogens (tertiary/aromatic N) is 1. The van der Waals surface area contributed by atoms with Crippen molar-refractivity contribution in [3.63, 3.8) is 0 Å². The monoisotopic (exact) mass is 331 g/mol. The zero-order valence-corrected chi connectivity index (χ0v) is 14.7. The molecule has 1 aromatic rings. The van der Waals surface area contributed by atoms with E-state index < -0.39 is 17.1 Å². The zero-order chi connectivity index (χ0) is 17.5. The van der Waals surface area contributed by atoms with Crippen molar-refractivity contribution in [3.8, 4) is 0 Å². The van der Waals surface area contributed by atoms with E-state index in [-0.39, 0.29) is 5.91 Å². The molecule has 1 spiro atoms. The van der Waals surface area contributed by atoms with E-state index in [0.29, 0.717) is 5.69 Å². The number of ether oxygens (including phenoxy) is 1. The molecule has 6 heteroatoms. The second kappa shape index (κ2) is 5.77. The number of hydrogen-bond acceptors (Lipinski definition) is 4. The Morgan fingerprint density at radius 3 is 2.58 bits per heavy atom. The highest BCUT2D eigenvalue weighted by molar-refractivity contribution is 6.07. The number of amides is 2. The number of fused-ring (bicyclic) bond motifs is 2. The summed E-state index contributed by atoms with van der Waals surface area (Å²) < 4.78 is 5.29. The first kappa shape index (κ1) is 16.8. The van der Waals surface area contributed by atoms with Gasteiger partial charge in [0.25, 0.3) is 0 Å². The third-order valence-corrected chi connectivity index (χ3v) is 4.70. The zero-order valence-electron chi connectivity index (χ0n) is 14.7. The molecule has 0 radical (unpaired) electrons. The van der Waals surface area contributed by atoms with Crippen LogP contribution in [0.2, 0.25) is 0 Å². The first-order valence-electron chi connectivity index (χ1n) is 8.34. The Labute approximate surface area is 142 Å². The van der Waals surface area contributed by atoms with Gasteiger partial charge in [0.1, 0.15) is 5.60 Å².